The van der Waals surface area contributed by atoms with Crippen molar-refractivity contribution in [2.75, 3.05) is 6.54 Å². The Bertz CT molecular complexity index is 308. The Labute approximate surface area is 101 Å². The van der Waals surface area contributed by atoms with E-state index in [9.17, 15) is 14.4 Å². The highest BCUT2D eigenvalue weighted by atomic mass is 16.4. The van der Waals surface area contributed by atoms with Crippen molar-refractivity contribution >= 4 is 17.8 Å². The fourth-order valence-electron chi connectivity index (χ4n) is 1.96. The fourth-order valence-corrected chi connectivity index (χ4v) is 1.96. The molecule has 1 saturated heterocycles. The lowest BCUT2D eigenvalue weighted by Crippen LogP contribution is -2.43. The summed E-state index contributed by atoms with van der Waals surface area (Å²) in [6, 6.07) is 0. The summed E-state index contributed by atoms with van der Waals surface area (Å²) >= 11 is 0. The van der Waals surface area contributed by atoms with Crippen molar-refractivity contribution in [3.05, 3.63) is 0 Å². The summed E-state index contributed by atoms with van der Waals surface area (Å²) in [5.74, 6) is -1.39. The lowest BCUT2D eigenvalue weighted by Gasteiger charge is -2.28. The smallest absolute Gasteiger partial charge is 0.306 e. The number of carbonyl (C=O) groups excluding carboxylic acids is 2. The molecule has 2 amide bonds. The average molecular weight is 241 g/mol. The van der Waals surface area contributed by atoms with Crippen LogP contribution < -0.4 is 0 Å². The van der Waals surface area contributed by atoms with Crippen LogP contribution in [-0.2, 0) is 14.4 Å². The van der Waals surface area contributed by atoms with Gasteiger partial charge in [0.25, 0.3) is 0 Å². The number of rotatable bonds is 5. The lowest BCUT2D eigenvalue weighted by atomic mass is 9.97. The molecule has 0 aromatic carbocycles. The Hall–Kier alpha value is -1.39. The van der Waals surface area contributed by atoms with Gasteiger partial charge in [-0.25, -0.2) is 0 Å². The van der Waals surface area contributed by atoms with E-state index in [1.54, 1.807) is 6.92 Å². The molecule has 0 aromatic heterocycles. The minimum atomic E-state index is -0.838. The molecule has 1 N–H and O–H groups in total. The van der Waals surface area contributed by atoms with Crippen molar-refractivity contribution in [2.24, 2.45) is 11.8 Å². The summed E-state index contributed by atoms with van der Waals surface area (Å²) in [7, 11) is 0. The molecule has 1 aliphatic rings. The van der Waals surface area contributed by atoms with E-state index in [0.29, 0.717) is 32.2 Å². The molecular weight excluding hydrogens is 222 g/mol. The first-order valence-electron chi connectivity index (χ1n) is 5.97. The number of carboxylic acids is 1. The number of aliphatic carboxylic acids is 1. The van der Waals surface area contributed by atoms with Crippen LogP contribution in [0.4, 0.5) is 0 Å². The molecule has 1 aliphatic heterocycles. The van der Waals surface area contributed by atoms with Gasteiger partial charge in [0.05, 0.1) is 5.92 Å². The quantitative estimate of drug-likeness (QED) is 0.735. The number of nitrogens with zero attached hydrogens (tertiary/aromatic N) is 1. The van der Waals surface area contributed by atoms with Crippen LogP contribution in [0.2, 0.25) is 0 Å². The maximum atomic E-state index is 11.6. The number of carbonyl (C=O) groups is 3. The van der Waals surface area contributed by atoms with E-state index in [1.807, 2.05) is 6.92 Å². The van der Waals surface area contributed by atoms with Crippen molar-refractivity contribution in [1.29, 1.82) is 0 Å². The number of hydrogen-bond acceptors (Lipinski definition) is 3. The summed E-state index contributed by atoms with van der Waals surface area (Å²) in [5, 5.41) is 8.71. The predicted molar refractivity (Wildman–Crippen MR) is 61.2 cm³/mol. The van der Waals surface area contributed by atoms with Gasteiger partial charge in [-0.1, -0.05) is 13.8 Å². The van der Waals surface area contributed by atoms with Crippen LogP contribution in [0.15, 0.2) is 0 Å². The highest BCUT2D eigenvalue weighted by molar-refractivity contribution is 5.97. The molecule has 1 atom stereocenters. The van der Waals surface area contributed by atoms with Crippen molar-refractivity contribution in [3.63, 3.8) is 0 Å². The third kappa shape index (κ3) is 3.84. The van der Waals surface area contributed by atoms with E-state index < -0.39 is 11.9 Å². The molecule has 0 radical (unpaired) electrons. The van der Waals surface area contributed by atoms with Gasteiger partial charge in [-0.15, -0.1) is 0 Å². The minimum Gasteiger partial charge on any atom is -0.481 e. The molecule has 1 rings (SSSR count). The lowest BCUT2D eigenvalue weighted by molar-refractivity contribution is -0.149. The number of carboxylic acid groups (broad SMARTS) is 1. The van der Waals surface area contributed by atoms with Gasteiger partial charge in [-0.05, 0) is 18.8 Å². The van der Waals surface area contributed by atoms with Crippen LogP contribution in [0.5, 0.6) is 0 Å². The van der Waals surface area contributed by atoms with Gasteiger partial charge in [0.1, 0.15) is 0 Å². The minimum absolute atomic E-state index is 0.128. The number of amides is 2. The second kappa shape index (κ2) is 5.80. The third-order valence-electron chi connectivity index (χ3n) is 3.09. The van der Waals surface area contributed by atoms with E-state index in [4.69, 9.17) is 5.11 Å². The van der Waals surface area contributed by atoms with Crippen molar-refractivity contribution in [2.45, 2.75) is 39.5 Å². The van der Waals surface area contributed by atoms with Gasteiger partial charge < -0.3 is 5.11 Å². The maximum Gasteiger partial charge on any atom is 0.306 e. The molecule has 1 heterocycles. The first kappa shape index (κ1) is 13.7. The van der Waals surface area contributed by atoms with Crippen LogP contribution in [-0.4, -0.2) is 34.3 Å². The van der Waals surface area contributed by atoms with Crippen molar-refractivity contribution in [3.8, 4) is 0 Å². The van der Waals surface area contributed by atoms with Crippen molar-refractivity contribution in [1.82, 2.24) is 4.90 Å². The topological polar surface area (TPSA) is 74.7 Å². The molecule has 5 heteroatoms. The Balaban J connectivity index is 2.38. The molecule has 1 unspecified atom stereocenters. The van der Waals surface area contributed by atoms with Crippen LogP contribution in [0, 0.1) is 11.8 Å². The third-order valence-corrected chi connectivity index (χ3v) is 3.09. The molecule has 5 nitrogen and oxygen atoms in total. The predicted octanol–water partition coefficient (Wildman–Crippen LogP) is 1.27. The van der Waals surface area contributed by atoms with E-state index in [-0.39, 0.29) is 17.7 Å². The maximum absolute atomic E-state index is 11.6. The standard InChI is InChI=1S/C12H19NO4/c1-8-6-10(14)13(11(15)7-8)5-3-4-9(2)12(16)17/h8-9H,3-7H2,1-2H3,(H,16,17). The Morgan fingerprint density at radius 3 is 2.41 bits per heavy atom. The SMILES string of the molecule is CC1CC(=O)N(CCCC(C)C(=O)O)C(=O)C1. The number of likely N-dealkylation sites (tertiary alicyclic amines) is 1. The van der Waals surface area contributed by atoms with E-state index in [2.05, 4.69) is 0 Å². The monoisotopic (exact) mass is 241 g/mol. The molecule has 0 bridgehead atoms. The van der Waals surface area contributed by atoms with Crippen LogP contribution in [0.3, 0.4) is 0 Å². The van der Waals surface area contributed by atoms with E-state index in [0.717, 1.165) is 0 Å². The van der Waals surface area contributed by atoms with Gasteiger partial charge in [-0.2, -0.15) is 0 Å². The van der Waals surface area contributed by atoms with Gasteiger partial charge >= 0.3 is 5.97 Å². The van der Waals surface area contributed by atoms with Gasteiger partial charge in [0, 0.05) is 19.4 Å². The summed E-state index contributed by atoms with van der Waals surface area (Å²) in [6.45, 7) is 3.87. The summed E-state index contributed by atoms with van der Waals surface area (Å²) < 4.78 is 0. The van der Waals surface area contributed by atoms with Crippen molar-refractivity contribution < 1.29 is 19.5 Å². The number of piperidine rings is 1. The Morgan fingerprint density at radius 2 is 1.94 bits per heavy atom. The zero-order valence-corrected chi connectivity index (χ0v) is 10.3. The second-order valence-electron chi connectivity index (χ2n) is 4.83. The van der Waals surface area contributed by atoms with Gasteiger partial charge in [0.15, 0.2) is 0 Å². The molecule has 1 fully saturated rings. The summed E-state index contributed by atoms with van der Waals surface area (Å²) in [5.41, 5.74) is 0. The Kier molecular flexibility index (Phi) is 4.66. The van der Waals surface area contributed by atoms with E-state index >= 15 is 0 Å². The van der Waals surface area contributed by atoms with Crippen LogP contribution >= 0.6 is 0 Å². The largest absolute Gasteiger partial charge is 0.481 e. The zero-order valence-electron chi connectivity index (χ0n) is 10.3. The number of hydrogen-bond donors (Lipinski definition) is 1. The van der Waals surface area contributed by atoms with Gasteiger partial charge in [0.2, 0.25) is 11.8 Å². The Morgan fingerprint density at radius 1 is 1.41 bits per heavy atom. The van der Waals surface area contributed by atoms with E-state index in [1.165, 1.54) is 4.90 Å². The molecular formula is C12H19NO4. The van der Waals surface area contributed by atoms with Gasteiger partial charge in [-0.3, -0.25) is 19.3 Å². The van der Waals surface area contributed by atoms with Crippen LogP contribution in [0.1, 0.15) is 39.5 Å². The molecule has 0 aromatic rings. The molecule has 0 spiro atoms. The highest BCUT2D eigenvalue weighted by Crippen LogP contribution is 2.19. The average Bonchev–Trinajstić information content (AvgIpc) is 2.21. The second-order valence-corrected chi connectivity index (χ2v) is 4.83. The fraction of sp³-hybridized carbons (Fsp3) is 0.750. The van der Waals surface area contributed by atoms with Crippen LogP contribution in [0.25, 0.3) is 0 Å². The molecule has 17 heavy (non-hydrogen) atoms. The first-order valence-corrected chi connectivity index (χ1v) is 5.97. The molecule has 0 saturated carbocycles. The normalized spacial score (nSPS) is 19.5. The first-order chi connectivity index (χ1) is 7.91. The summed E-state index contributed by atoms with van der Waals surface area (Å²) in [4.78, 5) is 35.1. The molecule has 96 valence electrons. The highest BCUT2D eigenvalue weighted by Gasteiger charge is 2.29. The summed E-state index contributed by atoms with van der Waals surface area (Å²) in [6.07, 6.45) is 1.88. The number of imide groups is 1. The zero-order chi connectivity index (χ0) is 13.0. The molecule has 0 aliphatic carbocycles.